The van der Waals surface area contributed by atoms with Crippen LogP contribution < -0.4 is 5.32 Å². The van der Waals surface area contributed by atoms with E-state index in [2.05, 4.69) is 30.8 Å². The summed E-state index contributed by atoms with van der Waals surface area (Å²) >= 11 is 0. The average molecular weight is 375 g/mol. The monoisotopic (exact) mass is 374 g/mol. The first-order valence-electron chi connectivity index (χ1n) is 10.2. The highest BCUT2D eigenvalue weighted by molar-refractivity contribution is 5.91. The molecule has 3 nitrogen and oxygen atoms in total. The number of unbranched alkanes of at least 4 members (excludes halogenated alkanes) is 10. The van der Waals surface area contributed by atoms with Crippen molar-refractivity contribution < 1.29 is 4.79 Å². The Labute approximate surface area is 163 Å². The molecule has 0 aromatic heterocycles. The van der Waals surface area contributed by atoms with Crippen LogP contribution in [0, 0.1) is 0 Å². The third kappa shape index (κ3) is 19.6. The van der Waals surface area contributed by atoms with Gasteiger partial charge in [0.15, 0.2) is 0 Å². The van der Waals surface area contributed by atoms with E-state index in [1.165, 1.54) is 77.2 Å². The van der Waals surface area contributed by atoms with Crippen LogP contribution in [-0.2, 0) is 4.79 Å². The van der Waals surface area contributed by atoms with Gasteiger partial charge in [-0.2, -0.15) is 0 Å². The standard InChI is InChI=1S/C21H42N2O.ClH/c1-5-6-7-8-9-10-11-12-13-14-15-18-23(4)19-16-17-22-21(24)20(2)3;/h2,5-19H2,1,3-4H3,(H,22,24);1H. The maximum Gasteiger partial charge on any atom is 0.246 e. The van der Waals surface area contributed by atoms with Crippen LogP contribution in [0.1, 0.15) is 90.9 Å². The summed E-state index contributed by atoms with van der Waals surface area (Å²) in [5.74, 6) is -0.0250. The van der Waals surface area contributed by atoms with Crippen molar-refractivity contribution in [3.05, 3.63) is 12.2 Å². The summed E-state index contributed by atoms with van der Waals surface area (Å²) in [5.41, 5.74) is 0.587. The summed E-state index contributed by atoms with van der Waals surface area (Å²) in [6.45, 7) is 10.6. The molecule has 0 unspecified atom stereocenters. The van der Waals surface area contributed by atoms with E-state index >= 15 is 0 Å². The summed E-state index contributed by atoms with van der Waals surface area (Å²) in [6.07, 6.45) is 16.4. The van der Waals surface area contributed by atoms with Crippen LogP contribution in [0.5, 0.6) is 0 Å². The fraction of sp³-hybridized carbons (Fsp3) is 0.857. The molecule has 4 heteroatoms. The molecule has 0 aliphatic rings. The molecule has 0 rings (SSSR count). The lowest BCUT2D eigenvalue weighted by Crippen LogP contribution is -2.28. The highest BCUT2D eigenvalue weighted by Gasteiger charge is 2.02. The van der Waals surface area contributed by atoms with Crippen molar-refractivity contribution in [1.29, 1.82) is 0 Å². The lowest BCUT2D eigenvalue weighted by molar-refractivity contribution is -0.117. The van der Waals surface area contributed by atoms with E-state index in [1.54, 1.807) is 6.92 Å². The van der Waals surface area contributed by atoms with Gasteiger partial charge in [0, 0.05) is 12.1 Å². The summed E-state index contributed by atoms with van der Waals surface area (Å²) in [5, 5.41) is 2.88. The van der Waals surface area contributed by atoms with Gasteiger partial charge in [-0.25, -0.2) is 0 Å². The van der Waals surface area contributed by atoms with Crippen molar-refractivity contribution in [1.82, 2.24) is 10.2 Å². The summed E-state index contributed by atoms with van der Waals surface area (Å²) in [6, 6.07) is 0. The summed E-state index contributed by atoms with van der Waals surface area (Å²) < 4.78 is 0. The van der Waals surface area contributed by atoms with Gasteiger partial charge in [-0.1, -0.05) is 77.7 Å². The minimum absolute atomic E-state index is 0. The van der Waals surface area contributed by atoms with Crippen LogP contribution in [0.25, 0.3) is 0 Å². The second-order valence-electron chi connectivity index (χ2n) is 7.23. The molecule has 0 radical (unpaired) electrons. The Hall–Kier alpha value is -0.540. The lowest BCUT2D eigenvalue weighted by atomic mass is 10.1. The van der Waals surface area contributed by atoms with Crippen molar-refractivity contribution in [2.45, 2.75) is 90.9 Å². The molecule has 0 atom stereocenters. The van der Waals surface area contributed by atoms with Gasteiger partial charge in [0.1, 0.15) is 0 Å². The topological polar surface area (TPSA) is 32.3 Å². The Morgan fingerprint density at radius 1 is 0.840 bits per heavy atom. The molecule has 0 spiro atoms. The van der Waals surface area contributed by atoms with Crippen LogP contribution in [0.15, 0.2) is 12.2 Å². The first-order valence-corrected chi connectivity index (χ1v) is 10.2. The summed E-state index contributed by atoms with van der Waals surface area (Å²) in [7, 11) is 2.18. The zero-order valence-electron chi connectivity index (χ0n) is 17.1. The van der Waals surface area contributed by atoms with Crippen molar-refractivity contribution >= 4 is 18.3 Å². The van der Waals surface area contributed by atoms with E-state index in [9.17, 15) is 4.79 Å². The quantitative estimate of drug-likeness (QED) is 0.260. The maximum atomic E-state index is 11.3. The second kappa shape index (κ2) is 19.8. The van der Waals surface area contributed by atoms with E-state index in [4.69, 9.17) is 0 Å². The number of nitrogens with one attached hydrogen (secondary N) is 1. The van der Waals surface area contributed by atoms with Gasteiger partial charge in [-0.15, -0.1) is 12.4 Å². The van der Waals surface area contributed by atoms with E-state index in [0.717, 1.165) is 19.5 Å². The fourth-order valence-electron chi connectivity index (χ4n) is 2.86. The van der Waals surface area contributed by atoms with Gasteiger partial charge >= 0.3 is 0 Å². The van der Waals surface area contributed by atoms with Crippen molar-refractivity contribution in [3.63, 3.8) is 0 Å². The van der Waals surface area contributed by atoms with E-state index in [0.29, 0.717) is 5.57 Å². The number of carbonyl (C=O) groups excluding carboxylic acids is 1. The number of hydrogen-bond acceptors (Lipinski definition) is 2. The molecule has 150 valence electrons. The number of rotatable bonds is 17. The predicted octanol–water partition coefficient (Wildman–Crippen LogP) is 5.73. The number of hydrogen-bond donors (Lipinski definition) is 1. The average Bonchev–Trinajstić information content (AvgIpc) is 2.56. The van der Waals surface area contributed by atoms with Crippen molar-refractivity contribution in [2.24, 2.45) is 0 Å². The molecule has 25 heavy (non-hydrogen) atoms. The molecule has 0 aromatic rings. The van der Waals surface area contributed by atoms with Gasteiger partial charge in [-0.3, -0.25) is 4.79 Å². The molecule has 0 saturated carbocycles. The largest absolute Gasteiger partial charge is 0.352 e. The SMILES string of the molecule is C=C(C)C(=O)NCCCN(C)CCCCCCCCCCCCC.Cl. The third-order valence-electron chi connectivity index (χ3n) is 4.53. The molecule has 1 N–H and O–H groups in total. The molecule has 0 aliphatic heterocycles. The Morgan fingerprint density at radius 2 is 1.28 bits per heavy atom. The number of halogens is 1. The van der Waals surface area contributed by atoms with E-state index < -0.39 is 0 Å². The minimum Gasteiger partial charge on any atom is -0.352 e. The smallest absolute Gasteiger partial charge is 0.246 e. The maximum absolute atomic E-state index is 11.3. The van der Waals surface area contributed by atoms with Crippen LogP contribution in [0.2, 0.25) is 0 Å². The van der Waals surface area contributed by atoms with Gasteiger partial charge in [0.05, 0.1) is 0 Å². The predicted molar refractivity (Wildman–Crippen MR) is 114 cm³/mol. The van der Waals surface area contributed by atoms with Crippen LogP contribution in [0.4, 0.5) is 0 Å². The normalized spacial score (nSPS) is 10.6. The Kier molecular flexibility index (Phi) is 21.1. The lowest BCUT2D eigenvalue weighted by Gasteiger charge is -2.16. The zero-order valence-corrected chi connectivity index (χ0v) is 17.9. The third-order valence-corrected chi connectivity index (χ3v) is 4.53. The first-order chi connectivity index (χ1) is 11.6. The molecule has 0 fully saturated rings. The zero-order chi connectivity index (χ0) is 18.0. The molecule has 1 amide bonds. The molecular formula is C21H43ClN2O. The number of amides is 1. The van der Waals surface area contributed by atoms with Crippen LogP contribution in [0.3, 0.4) is 0 Å². The van der Waals surface area contributed by atoms with Gasteiger partial charge < -0.3 is 10.2 Å². The van der Waals surface area contributed by atoms with Gasteiger partial charge in [-0.05, 0) is 39.9 Å². The van der Waals surface area contributed by atoms with E-state index in [-0.39, 0.29) is 18.3 Å². The molecule has 0 saturated heterocycles. The number of nitrogens with zero attached hydrogens (tertiary/aromatic N) is 1. The Morgan fingerprint density at radius 3 is 1.76 bits per heavy atom. The highest BCUT2D eigenvalue weighted by Crippen LogP contribution is 2.11. The van der Waals surface area contributed by atoms with Crippen LogP contribution >= 0.6 is 12.4 Å². The number of carbonyl (C=O) groups is 1. The molecule has 0 aromatic carbocycles. The van der Waals surface area contributed by atoms with Gasteiger partial charge in [0.25, 0.3) is 0 Å². The Bertz CT molecular complexity index is 321. The van der Waals surface area contributed by atoms with Gasteiger partial charge in [0.2, 0.25) is 5.91 Å². The summed E-state index contributed by atoms with van der Waals surface area (Å²) in [4.78, 5) is 13.7. The Balaban J connectivity index is 0. The van der Waals surface area contributed by atoms with Crippen LogP contribution in [-0.4, -0.2) is 37.5 Å². The first kappa shape index (κ1) is 26.7. The second-order valence-corrected chi connectivity index (χ2v) is 7.23. The molecule has 0 bridgehead atoms. The van der Waals surface area contributed by atoms with Crippen molar-refractivity contribution in [3.8, 4) is 0 Å². The van der Waals surface area contributed by atoms with Crippen molar-refractivity contribution in [2.75, 3.05) is 26.7 Å². The fourth-order valence-corrected chi connectivity index (χ4v) is 2.86. The minimum atomic E-state index is -0.0250. The highest BCUT2D eigenvalue weighted by atomic mass is 35.5. The molecule has 0 heterocycles. The van der Waals surface area contributed by atoms with E-state index in [1.807, 2.05) is 0 Å². The molecule has 0 aliphatic carbocycles. The molecular weight excluding hydrogens is 332 g/mol.